The zero-order valence-electron chi connectivity index (χ0n) is 20.3. The molecule has 2 aromatic rings. The number of carbonyl (C=O) groups excluding carboxylic acids is 2. The molecule has 3 atom stereocenters. The lowest BCUT2D eigenvalue weighted by atomic mass is 9.96. The quantitative estimate of drug-likeness (QED) is 0.587. The van der Waals surface area contributed by atoms with Gasteiger partial charge < -0.3 is 14.8 Å². The van der Waals surface area contributed by atoms with Gasteiger partial charge in [-0.1, -0.05) is 37.1 Å². The highest BCUT2D eigenvalue weighted by Crippen LogP contribution is 2.31. The van der Waals surface area contributed by atoms with Crippen LogP contribution in [0.3, 0.4) is 0 Å². The molecule has 2 aliphatic rings. The molecule has 3 heterocycles. The van der Waals surface area contributed by atoms with Crippen molar-refractivity contribution in [3.63, 3.8) is 0 Å². The maximum Gasteiger partial charge on any atom is 0.240 e. The second kappa shape index (κ2) is 11.4. The molecule has 2 fully saturated rings. The standard InChI is InChI=1S/C26H36ClN5O2/c1-3-20-11-13-31(25(20)26(34)30(2)16-19-6-4-7-21(27)14-19)17-23-8-5-12-32(23)24(33)10-9-22-15-28-18-29-22/h4,6-7,14-15,18,20,23,25H,3,5,8-13,16-17H2,1-2H3,(H,28,29)/t20-,23?,25-/m0/s1. The summed E-state index contributed by atoms with van der Waals surface area (Å²) in [6, 6.07) is 7.74. The summed E-state index contributed by atoms with van der Waals surface area (Å²) in [5, 5.41) is 0.686. The van der Waals surface area contributed by atoms with Crippen LogP contribution < -0.4 is 0 Å². The third-order valence-electron chi connectivity index (χ3n) is 7.38. The van der Waals surface area contributed by atoms with Crippen molar-refractivity contribution < 1.29 is 9.59 Å². The van der Waals surface area contributed by atoms with Crippen molar-refractivity contribution in [1.29, 1.82) is 0 Å². The maximum absolute atomic E-state index is 13.6. The zero-order valence-corrected chi connectivity index (χ0v) is 21.0. The molecule has 0 radical (unpaired) electrons. The molecule has 2 aliphatic heterocycles. The second-order valence-electron chi connectivity index (χ2n) is 9.66. The van der Waals surface area contributed by atoms with E-state index < -0.39 is 0 Å². The number of rotatable bonds is 9. The Kier molecular flexibility index (Phi) is 8.27. The third kappa shape index (κ3) is 5.81. The number of hydrogen-bond acceptors (Lipinski definition) is 4. The summed E-state index contributed by atoms with van der Waals surface area (Å²) in [7, 11) is 1.88. The molecule has 1 aromatic heterocycles. The predicted molar refractivity (Wildman–Crippen MR) is 133 cm³/mol. The predicted octanol–water partition coefficient (Wildman–Crippen LogP) is 3.75. The number of halogens is 1. The summed E-state index contributed by atoms with van der Waals surface area (Å²) in [6.07, 6.45) is 8.66. The number of benzene rings is 1. The molecule has 0 saturated carbocycles. The fourth-order valence-electron chi connectivity index (χ4n) is 5.56. The normalized spacial score (nSPS) is 22.9. The van der Waals surface area contributed by atoms with Gasteiger partial charge in [0, 0.05) is 50.4 Å². The van der Waals surface area contributed by atoms with E-state index in [2.05, 4.69) is 21.8 Å². The van der Waals surface area contributed by atoms with Crippen molar-refractivity contribution in [3.05, 3.63) is 53.1 Å². The molecule has 2 amide bonds. The Morgan fingerprint density at radius 2 is 2.12 bits per heavy atom. The number of aromatic nitrogens is 2. The Bertz CT molecular complexity index is 966. The van der Waals surface area contributed by atoms with Crippen LogP contribution in [0.4, 0.5) is 0 Å². The number of aryl methyl sites for hydroxylation is 1. The Balaban J connectivity index is 1.39. The highest BCUT2D eigenvalue weighted by atomic mass is 35.5. The fourth-order valence-corrected chi connectivity index (χ4v) is 5.77. The van der Waals surface area contributed by atoms with Gasteiger partial charge >= 0.3 is 0 Å². The minimum Gasteiger partial charge on any atom is -0.351 e. The average Bonchev–Trinajstić information content (AvgIpc) is 3.58. The molecular weight excluding hydrogens is 450 g/mol. The molecular formula is C26H36ClN5O2. The van der Waals surface area contributed by atoms with Crippen molar-refractivity contribution in [2.24, 2.45) is 5.92 Å². The smallest absolute Gasteiger partial charge is 0.240 e. The highest BCUT2D eigenvalue weighted by Gasteiger charge is 2.42. The van der Waals surface area contributed by atoms with Crippen LogP contribution in [-0.4, -0.2) is 75.2 Å². The van der Waals surface area contributed by atoms with Gasteiger partial charge in [0.15, 0.2) is 0 Å². The Morgan fingerprint density at radius 1 is 1.26 bits per heavy atom. The van der Waals surface area contributed by atoms with Crippen LogP contribution in [-0.2, 0) is 22.6 Å². The fraction of sp³-hybridized carbons (Fsp3) is 0.577. The van der Waals surface area contributed by atoms with Gasteiger partial charge in [0.25, 0.3) is 0 Å². The molecule has 1 aromatic carbocycles. The topological polar surface area (TPSA) is 72.5 Å². The summed E-state index contributed by atoms with van der Waals surface area (Å²) in [6.45, 7) is 5.20. The molecule has 7 nitrogen and oxygen atoms in total. The van der Waals surface area contributed by atoms with E-state index in [9.17, 15) is 9.59 Å². The lowest BCUT2D eigenvalue weighted by molar-refractivity contribution is -0.137. The van der Waals surface area contributed by atoms with Gasteiger partial charge in [-0.05, 0) is 55.8 Å². The van der Waals surface area contributed by atoms with Crippen molar-refractivity contribution in [2.75, 3.05) is 26.7 Å². The summed E-state index contributed by atoms with van der Waals surface area (Å²) < 4.78 is 0. The molecule has 0 aliphatic carbocycles. The van der Waals surface area contributed by atoms with Gasteiger partial charge in [0.05, 0.1) is 18.1 Å². The zero-order chi connectivity index (χ0) is 24.1. The van der Waals surface area contributed by atoms with Crippen LogP contribution >= 0.6 is 11.6 Å². The van der Waals surface area contributed by atoms with Gasteiger partial charge in [-0.2, -0.15) is 0 Å². The van der Waals surface area contributed by atoms with E-state index in [0.717, 1.165) is 56.6 Å². The number of carbonyl (C=O) groups is 2. The summed E-state index contributed by atoms with van der Waals surface area (Å²) in [5.74, 6) is 0.705. The minimum absolute atomic E-state index is 0.129. The summed E-state index contributed by atoms with van der Waals surface area (Å²) in [5.41, 5.74) is 1.95. The molecule has 2 saturated heterocycles. The molecule has 0 spiro atoms. The number of nitrogens with one attached hydrogen (secondary N) is 1. The van der Waals surface area contributed by atoms with Crippen molar-refractivity contribution in [3.8, 4) is 0 Å². The van der Waals surface area contributed by atoms with Crippen LogP contribution in [0.2, 0.25) is 5.02 Å². The molecule has 34 heavy (non-hydrogen) atoms. The lowest BCUT2D eigenvalue weighted by Crippen LogP contribution is -2.51. The van der Waals surface area contributed by atoms with E-state index >= 15 is 0 Å². The summed E-state index contributed by atoms with van der Waals surface area (Å²) in [4.78, 5) is 40.0. The van der Waals surface area contributed by atoms with Crippen molar-refractivity contribution in [1.82, 2.24) is 24.7 Å². The average molecular weight is 486 g/mol. The van der Waals surface area contributed by atoms with Gasteiger partial charge in [0.1, 0.15) is 0 Å². The van der Waals surface area contributed by atoms with Crippen LogP contribution in [0.15, 0.2) is 36.8 Å². The third-order valence-corrected chi connectivity index (χ3v) is 7.62. The van der Waals surface area contributed by atoms with E-state index in [0.29, 0.717) is 30.3 Å². The van der Waals surface area contributed by atoms with Crippen LogP contribution in [0, 0.1) is 5.92 Å². The largest absolute Gasteiger partial charge is 0.351 e. The van der Waals surface area contributed by atoms with Crippen molar-refractivity contribution >= 4 is 23.4 Å². The van der Waals surface area contributed by atoms with Gasteiger partial charge in [-0.15, -0.1) is 0 Å². The first-order chi connectivity index (χ1) is 16.5. The molecule has 8 heteroatoms. The van der Waals surface area contributed by atoms with E-state index in [1.165, 1.54) is 0 Å². The molecule has 1 N–H and O–H groups in total. The monoisotopic (exact) mass is 485 g/mol. The number of likely N-dealkylation sites (tertiary alicyclic amines) is 2. The molecule has 1 unspecified atom stereocenters. The van der Waals surface area contributed by atoms with Crippen LogP contribution in [0.25, 0.3) is 0 Å². The number of H-pyrrole nitrogens is 1. The van der Waals surface area contributed by atoms with E-state index in [-0.39, 0.29) is 23.9 Å². The number of likely N-dealkylation sites (N-methyl/N-ethyl adjacent to an activating group) is 1. The first-order valence-electron chi connectivity index (χ1n) is 12.5. The maximum atomic E-state index is 13.6. The van der Waals surface area contributed by atoms with Gasteiger partial charge in [0.2, 0.25) is 11.8 Å². The van der Waals surface area contributed by atoms with Crippen LogP contribution in [0.1, 0.15) is 50.3 Å². The van der Waals surface area contributed by atoms with Crippen molar-refractivity contribution in [2.45, 2.75) is 64.1 Å². The van der Waals surface area contributed by atoms with Crippen LogP contribution in [0.5, 0.6) is 0 Å². The van der Waals surface area contributed by atoms with Gasteiger partial charge in [-0.3, -0.25) is 14.5 Å². The molecule has 0 bridgehead atoms. The summed E-state index contributed by atoms with van der Waals surface area (Å²) >= 11 is 6.14. The molecule has 4 rings (SSSR count). The number of hydrogen-bond donors (Lipinski definition) is 1. The van der Waals surface area contributed by atoms with E-state index in [1.54, 1.807) is 6.33 Å². The number of amides is 2. The second-order valence-corrected chi connectivity index (χ2v) is 10.1. The van der Waals surface area contributed by atoms with E-state index in [4.69, 9.17) is 11.6 Å². The highest BCUT2D eigenvalue weighted by molar-refractivity contribution is 6.30. The molecule has 184 valence electrons. The Morgan fingerprint density at radius 3 is 2.85 bits per heavy atom. The lowest BCUT2D eigenvalue weighted by Gasteiger charge is -2.34. The SMILES string of the molecule is CC[C@H]1CCN(CC2CCCN2C(=O)CCc2c[nH]cn2)[C@@H]1C(=O)N(C)Cc1cccc(Cl)c1. The van der Waals surface area contributed by atoms with E-state index in [1.807, 2.05) is 47.3 Å². The first-order valence-corrected chi connectivity index (χ1v) is 12.8. The minimum atomic E-state index is -0.129. The number of aromatic amines is 1. The number of nitrogens with zero attached hydrogens (tertiary/aromatic N) is 4. The Hall–Kier alpha value is -2.38. The Labute approximate surface area is 207 Å². The number of imidazole rings is 1. The first kappa shape index (κ1) is 24.7. The van der Waals surface area contributed by atoms with Gasteiger partial charge in [-0.25, -0.2) is 4.98 Å².